The van der Waals surface area contributed by atoms with E-state index in [1.165, 1.54) is 12.1 Å². The van der Waals surface area contributed by atoms with E-state index < -0.39 is 0 Å². The van der Waals surface area contributed by atoms with Gasteiger partial charge in [0.25, 0.3) is 0 Å². The zero-order valence-electron chi connectivity index (χ0n) is 18.0. The fraction of sp³-hybridized carbons (Fsp3) is 0.0800. The number of aromatic nitrogens is 4. The quantitative estimate of drug-likeness (QED) is 0.409. The van der Waals surface area contributed by atoms with E-state index in [2.05, 4.69) is 10.3 Å². The Morgan fingerprint density at radius 2 is 1.91 bits per heavy atom. The van der Waals surface area contributed by atoms with Crippen LogP contribution in [0.25, 0.3) is 28.1 Å². The first-order valence-corrected chi connectivity index (χ1v) is 10.2. The molecule has 0 bridgehead atoms. The molecule has 0 aliphatic heterocycles. The Morgan fingerprint density at radius 1 is 1.09 bits per heavy atom. The number of aryl methyl sites for hydroxylation is 1. The number of imidazole rings is 2. The number of fused-ring (bicyclic) bond motifs is 1. The van der Waals surface area contributed by atoms with Gasteiger partial charge in [-0.15, -0.1) is 0 Å². The molecule has 2 aromatic heterocycles. The number of methoxy groups -OCH3 is 1. The fourth-order valence-corrected chi connectivity index (χ4v) is 3.81. The highest BCUT2D eigenvalue weighted by Gasteiger charge is 2.14. The Labute approximate surface area is 189 Å². The Morgan fingerprint density at radius 3 is 2.64 bits per heavy atom. The van der Waals surface area contributed by atoms with E-state index in [0.717, 1.165) is 39.5 Å². The lowest BCUT2D eigenvalue weighted by atomic mass is 10.2. The van der Waals surface area contributed by atoms with Crippen molar-refractivity contribution < 1.29 is 9.13 Å². The zero-order valence-corrected chi connectivity index (χ0v) is 18.0. The monoisotopic (exact) mass is 438 g/mol. The van der Waals surface area contributed by atoms with E-state index in [9.17, 15) is 4.39 Å². The van der Waals surface area contributed by atoms with E-state index in [1.54, 1.807) is 36.3 Å². The van der Waals surface area contributed by atoms with Crippen LogP contribution in [0.2, 0.25) is 0 Å². The highest BCUT2D eigenvalue weighted by molar-refractivity contribution is 5.93. The van der Waals surface area contributed by atoms with Crippen molar-refractivity contribution in [3.8, 4) is 28.9 Å². The van der Waals surface area contributed by atoms with Crippen LogP contribution in [0.15, 0.2) is 73.2 Å². The molecule has 0 spiro atoms. The van der Waals surface area contributed by atoms with Crippen molar-refractivity contribution in [2.24, 2.45) is 7.05 Å². The number of anilines is 2. The van der Waals surface area contributed by atoms with Crippen LogP contribution < -0.4 is 10.1 Å². The van der Waals surface area contributed by atoms with Crippen molar-refractivity contribution in [1.82, 2.24) is 19.1 Å². The van der Waals surface area contributed by atoms with Gasteiger partial charge in [-0.2, -0.15) is 5.26 Å². The molecule has 0 saturated carbocycles. The maximum Gasteiger partial charge on any atom is 0.158 e. The summed E-state index contributed by atoms with van der Waals surface area (Å²) < 4.78 is 22.7. The topological polar surface area (TPSA) is 80.7 Å². The van der Waals surface area contributed by atoms with Crippen LogP contribution in [0.4, 0.5) is 15.8 Å². The van der Waals surface area contributed by atoms with E-state index in [-0.39, 0.29) is 5.82 Å². The number of hydrogen-bond donors (Lipinski definition) is 1. The summed E-state index contributed by atoms with van der Waals surface area (Å²) in [6.07, 6.45) is 3.23. The maximum atomic E-state index is 13.4. The molecular weight excluding hydrogens is 419 g/mol. The lowest BCUT2D eigenvalue weighted by Crippen LogP contribution is -1.98. The molecule has 0 radical (unpaired) electrons. The normalized spacial score (nSPS) is 10.8. The molecule has 2 heterocycles. The summed E-state index contributed by atoms with van der Waals surface area (Å²) >= 11 is 0. The number of nitrogens with zero attached hydrogens (tertiary/aromatic N) is 5. The molecule has 0 aliphatic carbocycles. The lowest BCUT2D eigenvalue weighted by molar-refractivity contribution is 0.413. The van der Waals surface area contributed by atoms with Gasteiger partial charge in [0.1, 0.15) is 35.3 Å². The van der Waals surface area contributed by atoms with E-state index in [4.69, 9.17) is 15.0 Å². The smallest absolute Gasteiger partial charge is 0.158 e. The first kappa shape index (κ1) is 20.3. The van der Waals surface area contributed by atoms with Crippen LogP contribution in [0.5, 0.6) is 5.75 Å². The molecule has 33 heavy (non-hydrogen) atoms. The summed E-state index contributed by atoms with van der Waals surface area (Å²) in [6.45, 7) is 0. The molecular formula is C25H19FN6O. The molecule has 3 aromatic carbocycles. The van der Waals surface area contributed by atoms with Crippen molar-refractivity contribution in [3.05, 3.63) is 84.7 Å². The summed E-state index contributed by atoms with van der Waals surface area (Å²) in [5.41, 5.74) is 5.34. The molecule has 162 valence electrons. The van der Waals surface area contributed by atoms with Crippen LogP contribution in [-0.2, 0) is 7.05 Å². The summed E-state index contributed by atoms with van der Waals surface area (Å²) in [5, 5.41) is 12.5. The first-order chi connectivity index (χ1) is 16.1. The Bertz CT molecular complexity index is 1510. The molecule has 1 N–H and O–H groups in total. The average molecular weight is 438 g/mol. The molecule has 5 rings (SSSR count). The van der Waals surface area contributed by atoms with Gasteiger partial charge in [-0.25, -0.2) is 14.4 Å². The molecule has 0 amide bonds. The summed E-state index contributed by atoms with van der Waals surface area (Å²) in [6, 6.07) is 19.9. The second-order valence-corrected chi connectivity index (χ2v) is 7.46. The summed E-state index contributed by atoms with van der Waals surface area (Å²) in [7, 11) is 3.54. The molecule has 0 atom stereocenters. The molecule has 0 unspecified atom stereocenters. The molecule has 0 saturated heterocycles. The summed E-state index contributed by atoms with van der Waals surface area (Å²) in [5.74, 6) is 1.10. The van der Waals surface area contributed by atoms with Crippen molar-refractivity contribution >= 4 is 22.4 Å². The number of nitriles is 1. The summed E-state index contributed by atoms with van der Waals surface area (Å²) in [4.78, 5) is 8.88. The Hall–Kier alpha value is -4.64. The zero-order chi connectivity index (χ0) is 22.9. The maximum absolute atomic E-state index is 13.4. The van der Waals surface area contributed by atoms with Crippen molar-refractivity contribution in [3.63, 3.8) is 0 Å². The standard InChI is InChI=1S/C25H19FN6O/c1-31-22-5-3-4-20(24(22)30-25(31)16-6-8-17(26)9-7-16)29-18-10-11-21(23(12-18)33-2)32-14-19(13-27)28-15-32/h3-12,14-15,29H,1-2H3. The molecule has 5 aromatic rings. The number of benzene rings is 3. The van der Waals surface area contributed by atoms with Gasteiger partial charge in [0.05, 0.1) is 24.0 Å². The third kappa shape index (κ3) is 3.66. The molecule has 8 heteroatoms. The number of rotatable bonds is 5. The van der Waals surface area contributed by atoms with Gasteiger partial charge in [0, 0.05) is 30.6 Å². The predicted molar refractivity (Wildman–Crippen MR) is 124 cm³/mol. The van der Waals surface area contributed by atoms with Crippen molar-refractivity contribution in [1.29, 1.82) is 5.26 Å². The second kappa shape index (κ2) is 8.13. The largest absolute Gasteiger partial charge is 0.494 e. The Balaban J connectivity index is 1.52. The third-order valence-corrected chi connectivity index (χ3v) is 5.45. The number of nitrogens with one attached hydrogen (secondary N) is 1. The van der Waals surface area contributed by atoms with Gasteiger partial charge in [0.15, 0.2) is 5.69 Å². The number of halogens is 1. The lowest BCUT2D eigenvalue weighted by Gasteiger charge is -2.13. The molecule has 0 aliphatic rings. The van der Waals surface area contributed by atoms with Gasteiger partial charge in [0.2, 0.25) is 0 Å². The van der Waals surface area contributed by atoms with Crippen LogP contribution >= 0.6 is 0 Å². The number of hydrogen-bond acceptors (Lipinski definition) is 5. The van der Waals surface area contributed by atoms with Gasteiger partial charge in [-0.1, -0.05) is 6.07 Å². The van der Waals surface area contributed by atoms with E-state index in [0.29, 0.717) is 11.4 Å². The number of ether oxygens (including phenoxy) is 1. The number of para-hydroxylation sites is 1. The first-order valence-electron chi connectivity index (χ1n) is 10.2. The van der Waals surface area contributed by atoms with Crippen LogP contribution in [0, 0.1) is 17.1 Å². The predicted octanol–water partition coefficient (Wildman–Crippen LogP) is 5.19. The minimum Gasteiger partial charge on any atom is -0.494 e. The molecule has 0 fully saturated rings. The van der Waals surface area contributed by atoms with Gasteiger partial charge in [-0.05, 0) is 48.5 Å². The molecule has 7 nitrogen and oxygen atoms in total. The second-order valence-electron chi connectivity index (χ2n) is 7.46. The highest BCUT2D eigenvalue weighted by atomic mass is 19.1. The van der Waals surface area contributed by atoms with Crippen LogP contribution in [-0.4, -0.2) is 26.2 Å². The van der Waals surface area contributed by atoms with Gasteiger partial charge >= 0.3 is 0 Å². The van der Waals surface area contributed by atoms with Gasteiger partial charge < -0.3 is 19.2 Å². The minimum absolute atomic E-state index is 0.281. The van der Waals surface area contributed by atoms with Crippen LogP contribution in [0.1, 0.15) is 5.69 Å². The van der Waals surface area contributed by atoms with Crippen molar-refractivity contribution in [2.75, 3.05) is 12.4 Å². The SMILES string of the molecule is COc1cc(Nc2cccc3c2nc(-c2ccc(F)cc2)n3C)ccc1-n1cnc(C#N)c1. The van der Waals surface area contributed by atoms with Crippen molar-refractivity contribution in [2.45, 2.75) is 0 Å². The van der Waals surface area contributed by atoms with E-state index in [1.807, 2.05) is 54.1 Å². The minimum atomic E-state index is -0.281. The fourth-order valence-electron chi connectivity index (χ4n) is 3.81. The highest BCUT2D eigenvalue weighted by Crippen LogP contribution is 2.33. The van der Waals surface area contributed by atoms with Crippen LogP contribution in [0.3, 0.4) is 0 Å². The third-order valence-electron chi connectivity index (χ3n) is 5.45. The van der Waals surface area contributed by atoms with E-state index >= 15 is 0 Å². The van der Waals surface area contributed by atoms with Gasteiger partial charge in [-0.3, -0.25) is 0 Å². The average Bonchev–Trinajstić information content (AvgIpc) is 3.45. The Kier molecular flexibility index (Phi) is 4.99.